The third-order valence-corrected chi connectivity index (χ3v) is 3.21. The highest BCUT2D eigenvalue weighted by molar-refractivity contribution is 6.23. The Bertz CT molecular complexity index is 410. The van der Waals surface area contributed by atoms with Crippen molar-refractivity contribution in [3.8, 4) is 0 Å². The van der Waals surface area contributed by atoms with E-state index >= 15 is 0 Å². The molecule has 0 heterocycles. The molecular formula is C14H17NO2. The standard InChI is InChI=1S/C14H17NO2/c16-10-14(17)15-9-13-7-2-1-6-12(13)8-11-4-3-5-11/h6-8,10H,1-5,9H2,(H,15,17). The Balaban J connectivity index is 1.98. The fourth-order valence-corrected chi connectivity index (χ4v) is 2.04. The minimum Gasteiger partial charge on any atom is -0.346 e. The summed E-state index contributed by atoms with van der Waals surface area (Å²) in [6.07, 6.45) is 12.7. The molecule has 1 amide bonds. The lowest BCUT2D eigenvalue weighted by atomic mass is 9.87. The first-order chi connectivity index (χ1) is 8.29. The lowest BCUT2D eigenvalue weighted by Crippen LogP contribution is -2.27. The van der Waals surface area contributed by atoms with Crippen LogP contribution in [0.1, 0.15) is 32.1 Å². The van der Waals surface area contributed by atoms with Crippen molar-refractivity contribution in [3.05, 3.63) is 34.9 Å². The second kappa shape index (κ2) is 5.62. The molecule has 1 N–H and O–H groups in total. The SMILES string of the molecule is O=CC(=O)NCC1=CCCC=C1C=C1CCC1. The summed E-state index contributed by atoms with van der Waals surface area (Å²) in [5.74, 6) is -0.549. The molecule has 0 spiro atoms. The average Bonchev–Trinajstić information content (AvgIpc) is 2.32. The second-order valence-electron chi connectivity index (χ2n) is 4.46. The van der Waals surface area contributed by atoms with E-state index in [0.717, 1.165) is 18.4 Å². The first-order valence-electron chi connectivity index (χ1n) is 6.11. The molecule has 3 nitrogen and oxygen atoms in total. The lowest BCUT2D eigenvalue weighted by Gasteiger charge is -2.20. The maximum absolute atomic E-state index is 10.9. The van der Waals surface area contributed by atoms with Crippen molar-refractivity contribution >= 4 is 12.2 Å². The highest BCUT2D eigenvalue weighted by atomic mass is 16.2. The molecular weight excluding hydrogens is 214 g/mol. The predicted octanol–water partition coefficient (Wildman–Crippen LogP) is 2.06. The monoisotopic (exact) mass is 231 g/mol. The zero-order chi connectivity index (χ0) is 12.1. The van der Waals surface area contributed by atoms with E-state index < -0.39 is 5.91 Å². The second-order valence-corrected chi connectivity index (χ2v) is 4.46. The highest BCUT2D eigenvalue weighted by Crippen LogP contribution is 2.29. The van der Waals surface area contributed by atoms with Crippen LogP contribution in [0.15, 0.2) is 34.9 Å². The number of amides is 1. The molecule has 3 heteroatoms. The topological polar surface area (TPSA) is 46.2 Å². The van der Waals surface area contributed by atoms with Gasteiger partial charge < -0.3 is 5.32 Å². The van der Waals surface area contributed by atoms with Gasteiger partial charge in [0.1, 0.15) is 0 Å². The van der Waals surface area contributed by atoms with Crippen molar-refractivity contribution in [1.82, 2.24) is 5.32 Å². The van der Waals surface area contributed by atoms with Crippen molar-refractivity contribution in [2.75, 3.05) is 6.54 Å². The molecule has 2 aliphatic rings. The van der Waals surface area contributed by atoms with E-state index in [0.29, 0.717) is 12.8 Å². The molecule has 0 radical (unpaired) electrons. The molecule has 0 aliphatic heterocycles. The van der Waals surface area contributed by atoms with Gasteiger partial charge in [0.2, 0.25) is 6.29 Å². The van der Waals surface area contributed by atoms with Crippen LogP contribution in [0.2, 0.25) is 0 Å². The smallest absolute Gasteiger partial charge is 0.284 e. The van der Waals surface area contributed by atoms with Gasteiger partial charge in [0.25, 0.3) is 5.91 Å². The Morgan fingerprint density at radius 3 is 2.71 bits per heavy atom. The number of carbonyl (C=O) groups is 2. The van der Waals surface area contributed by atoms with E-state index in [1.165, 1.54) is 30.4 Å². The molecule has 17 heavy (non-hydrogen) atoms. The van der Waals surface area contributed by atoms with Gasteiger partial charge >= 0.3 is 0 Å². The summed E-state index contributed by atoms with van der Waals surface area (Å²) < 4.78 is 0. The van der Waals surface area contributed by atoms with E-state index in [1.54, 1.807) is 0 Å². The summed E-state index contributed by atoms with van der Waals surface area (Å²) in [5.41, 5.74) is 3.84. The largest absolute Gasteiger partial charge is 0.346 e. The zero-order valence-electron chi connectivity index (χ0n) is 9.87. The first kappa shape index (κ1) is 11.8. The van der Waals surface area contributed by atoms with E-state index in [-0.39, 0.29) is 0 Å². The lowest BCUT2D eigenvalue weighted by molar-refractivity contribution is -0.131. The summed E-state index contributed by atoms with van der Waals surface area (Å²) in [6.45, 7) is 0.452. The first-order valence-corrected chi connectivity index (χ1v) is 6.11. The molecule has 2 rings (SSSR count). The Morgan fingerprint density at radius 1 is 1.29 bits per heavy atom. The maximum Gasteiger partial charge on any atom is 0.284 e. The molecule has 0 atom stereocenters. The van der Waals surface area contributed by atoms with Gasteiger partial charge in [0, 0.05) is 6.54 Å². The Morgan fingerprint density at radius 2 is 2.06 bits per heavy atom. The quantitative estimate of drug-likeness (QED) is 0.594. The maximum atomic E-state index is 10.9. The molecule has 1 saturated carbocycles. The fourth-order valence-electron chi connectivity index (χ4n) is 2.04. The third-order valence-electron chi connectivity index (χ3n) is 3.21. The number of carbonyl (C=O) groups excluding carboxylic acids is 2. The van der Waals surface area contributed by atoms with Gasteiger partial charge in [-0.2, -0.15) is 0 Å². The molecule has 1 fully saturated rings. The Kier molecular flexibility index (Phi) is 3.91. The van der Waals surface area contributed by atoms with Gasteiger partial charge in [-0.3, -0.25) is 9.59 Å². The van der Waals surface area contributed by atoms with Crippen molar-refractivity contribution < 1.29 is 9.59 Å². The van der Waals surface area contributed by atoms with E-state index in [9.17, 15) is 9.59 Å². The van der Waals surface area contributed by atoms with Gasteiger partial charge in [-0.05, 0) is 43.3 Å². The van der Waals surface area contributed by atoms with E-state index in [4.69, 9.17) is 0 Å². The highest BCUT2D eigenvalue weighted by Gasteiger charge is 2.12. The van der Waals surface area contributed by atoms with Crippen LogP contribution in [0.4, 0.5) is 0 Å². The fraction of sp³-hybridized carbons (Fsp3) is 0.429. The Hall–Kier alpha value is -1.64. The summed E-state index contributed by atoms with van der Waals surface area (Å²) in [7, 11) is 0. The summed E-state index contributed by atoms with van der Waals surface area (Å²) in [4.78, 5) is 21.1. The molecule has 0 saturated heterocycles. The number of nitrogens with one attached hydrogen (secondary N) is 1. The van der Waals surface area contributed by atoms with Crippen LogP contribution in [0.25, 0.3) is 0 Å². The van der Waals surface area contributed by atoms with Crippen molar-refractivity contribution in [2.45, 2.75) is 32.1 Å². The predicted molar refractivity (Wildman–Crippen MR) is 66.4 cm³/mol. The molecule has 90 valence electrons. The van der Waals surface area contributed by atoms with Crippen molar-refractivity contribution in [3.63, 3.8) is 0 Å². The molecule has 0 aromatic carbocycles. The van der Waals surface area contributed by atoms with Crippen LogP contribution in [-0.4, -0.2) is 18.7 Å². The van der Waals surface area contributed by atoms with Crippen LogP contribution in [0.5, 0.6) is 0 Å². The Labute approximate surface area is 101 Å². The number of allylic oxidation sites excluding steroid dienone is 4. The zero-order valence-corrected chi connectivity index (χ0v) is 9.87. The number of hydrogen-bond donors (Lipinski definition) is 1. The minimum absolute atomic E-state index is 0.317. The molecule has 0 aromatic rings. The van der Waals surface area contributed by atoms with Gasteiger partial charge in [0.05, 0.1) is 0 Å². The van der Waals surface area contributed by atoms with Crippen LogP contribution in [-0.2, 0) is 9.59 Å². The van der Waals surface area contributed by atoms with Gasteiger partial charge in [0.15, 0.2) is 0 Å². The minimum atomic E-state index is -0.549. The number of hydrogen-bond acceptors (Lipinski definition) is 2. The summed E-state index contributed by atoms with van der Waals surface area (Å²) in [5, 5.41) is 2.60. The van der Waals surface area contributed by atoms with Crippen LogP contribution in [0.3, 0.4) is 0 Å². The molecule has 0 aromatic heterocycles. The van der Waals surface area contributed by atoms with Crippen LogP contribution >= 0.6 is 0 Å². The number of rotatable bonds is 4. The molecule has 0 unspecified atom stereocenters. The molecule has 0 bridgehead atoms. The van der Waals surface area contributed by atoms with Gasteiger partial charge in [-0.15, -0.1) is 0 Å². The normalized spacial score (nSPS) is 18.7. The third kappa shape index (κ3) is 3.16. The number of aldehydes is 1. The average molecular weight is 231 g/mol. The van der Waals surface area contributed by atoms with Gasteiger partial charge in [-0.1, -0.05) is 23.8 Å². The van der Waals surface area contributed by atoms with Crippen LogP contribution in [0, 0.1) is 0 Å². The van der Waals surface area contributed by atoms with Gasteiger partial charge in [-0.25, -0.2) is 0 Å². The summed E-state index contributed by atoms with van der Waals surface area (Å²) >= 11 is 0. The van der Waals surface area contributed by atoms with Crippen molar-refractivity contribution in [2.24, 2.45) is 0 Å². The molecule has 2 aliphatic carbocycles. The van der Waals surface area contributed by atoms with Crippen LogP contribution < -0.4 is 5.32 Å². The van der Waals surface area contributed by atoms with E-state index in [1.807, 2.05) is 0 Å². The van der Waals surface area contributed by atoms with Crippen molar-refractivity contribution in [1.29, 1.82) is 0 Å². The van der Waals surface area contributed by atoms with E-state index in [2.05, 4.69) is 23.5 Å². The summed E-state index contributed by atoms with van der Waals surface area (Å²) in [6, 6.07) is 0.